The van der Waals surface area contributed by atoms with E-state index in [1.54, 1.807) is 0 Å². The largest absolute Gasteiger partial charge is 0.444 e. The summed E-state index contributed by atoms with van der Waals surface area (Å²) in [5.41, 5.74) is -0.0459. The zero-order chi connectivity index (χ0) is 20.9. The Morgan fingerprint density at radius 1 is 1.10 bits per heavy atom. The Balaban J connectivity index is 1.16. The molecular formula is C21H37N3O4S. The van der Waals surface area contributed by atoms with Crippen LogP contribution in [0.25, 0.3) is 0 Å². The van der Waals surface area contributed by atoms with Crippen molar-refractivity contribution in [3.8, 4) is 0 Å². The van der Waals surface area contributed by atoms with Crippen molar-refractivity contribution in [2.24, 2.45) is 11.3 Å². The van der Waals surface area contributed by atoms with E-state index in [1.165, 1.54) is 0 Å². The number of amides is 1. The summed E-state index contributed by atoms with van der Waals surface area (Å²) >= 11 is 0. The van der Waals surface area contributed by atoms with Gasteiger partial charge in [0.1, 0.15) is 5.60 Å². The van der Waals surface area contributed by atoms with E-state index in [0.717, 1.165) is 77.7 Å². The maximum absolute atomic E-state index is 12.2. The van der Waals surface area contributed by atoms with Crippen LogP contribution in [0.15, 0.2) is 0 Å². The number of rotatable bonds is 5. The summed E-state index contributed by atoms with van der Waals surface area (Å²) in [6, 6.07) is 0.137. The lowest BCUT2D eigenvalue weighted by Crippen LogP contribution is -2.59. The number of carbonyl (C=O) groups is 1. The Bertz CT molecular complexity index is 713. The molecule has 1 N–H and O–H groups in total. The van der Waals surface area contributed by atoms with Gasteiger partial charge in [-0.2, -0.15) is 0 Å². The standard InChI is InChI=1S/C21H37N3O4S/c1-20(2,3)28-19(25)24-11-8-16(13-24)12-23-14-21(15-23)9-6-17(7-10-21)22-29(26,27)18-4-5-18/h16-18,22H,4-15H2,1-3H3/t16-/m0/s1. The molecule has 2 aliphatic carbocycles. The SMILES string of the molecule is CC(C)(C)OC(=O)N1CC[C@@H](CN2CC3(CCC(NS(=O)(=O)C4CC4)CC3)C2)C1. The summed E-state index contributed by atoms with van der Waals surface area (Å²) in [5, 5.41) is -0.121. The number of nitrogens with zero attached hydrogens (tertiary/aromatic N) is 2. The van der Waals surface area contributed by atoms with Crippen LogP contribution in [0.5, 0.6) is 0 Å². The summed E-state index contributed by atoms with van der Waals surface area (Å²) in [5.74, 6) is 0.529. The first-order valence-corrected chi connectivity index (χ1v) is 12.8. The zero-order valence-electron chi connectivity index (χ0n) is 18.2. The number of sulfonamides is 1. The van der Waals surface area contributed by atoms with E-state index in [4.69, 9.17) is 4.74 Å². The van der Waals surface area contributed by atoms with Crippen LogP contribution in [0.2, 0.25) is 0 Å². The monoisotopic (exact) mass is 427 g/mol. The Kier molecular flexibility index (Phi) is 5.66. The molecule has 0 aromatic rings. The molecule has 4 aliphatic rings. The lowest BCUT2D eigenvalue weighted by atomic mass is 9.67. The second kappa shape index (κ2) is 7.68. The molecule has 0 radical (unpaired) electrons. The molecular weight excluding hydrogens is 390 g/mol. The normalized spacial score (nSPS) is 28.5. The van der Waals surface area contributed by atoms with E-state index in [9.17, 15) is 13.2 Å². The van der Waals surface area contributed by atoms with Crippen LogP contribution in [0.1, 0.15) is 65.7 Å². The van der Waals surface area contributed by atoms with E-state index in [-0.39, 0.29) is 17.4 Å². The van der Waals surface area contributed by atoms with Crippen LogP contribution >= 0.6 is 0 Å². The maximum Gasteiger partial charge on any atom is 0.410 e. The van der Waals surface area contributed by atoms with Crippen LogP contribution in [-0.2, 0) is 14.8 Å². The fraction of sp³-hybridized carbons (Fsp3) is 0.952. The molecule has 1 spiro atoms. The minimum absolute atomic E-state index is 0.121. The quantitative estimate of drug-likeness (QED) is 0.730. The molecule has 2 heterocycles. The summed E-state index contributed by atoms with van der Waals surface area (Å²) in [6.45, 7) is 10.6. The molecule has 4 rings (SSSR count). The van der Waals surface area contributed by atoms with Gasteiger partial charge in [0.05, 0.1) is 5.25 Å². The van der Waals surface area contributed by atoms with Crippen LogP contribution in [0, 0.1) is 11.3 Å². The van der Waals surface area contributed by atoms with Crippen molar-refractivity contribution in [1.29, 1.82) is 0 Å². The number of ether oxygens (including phenoxy) is 1. The molecule has 0 unspecified atom stereocenters. The van der Waals surface area contributed by atoms with Gasteiger partial charge >= 0.3 is 6.09 Å². The lowest BCUT2D eigenvalue weighted by Gasteiger charge is -2.54. The van der Waals surface area contributed by atoms with Gasteiger partial charge in [-0.15, -0.1) is 0 Å². The predicted molar refractivity (Wildman–Crippen MR) is 112 cm³/mol. The summed E-state index contributed by atoms with van der Waals surface area (Å²) in [4.78, 5) is 16.6. The molecule has 1 amide bonds. The fourth-order valence-electron chi connectivity index (χ4n) is 5.24. The number of likely N-dealkylation sites (tertiary alicyclic amines) is 2. The first kappa shape index (κ1) is 21.4. The van der Waals surface area contributed by atoms with Gasteiger partial charge in [0.25, 0.3) is 0 Å². The van der Waals surface area contributed by atoms with E-state index < -0.39 is 15.6 Å². The van der Waals surface area contributed by atoms with Crippen molar-refractivity contribution in [3.05, 3.63) is 0 Å². The number of hydrogen-bond donors (Lipinski definition) is 1. The zero-order valence-corrected chi connectivity index (χ0v) is 19.0. The molecule has 2 aliphatic heterocycles. The van der Waals surface area contributed by atoms with Gasteiger partial charge in [-0.05, 0) is 77.0 Å². The highest BCUT2D eigenvalue weighted by Gasteiger charge is 2.47. The van der Waals surface area contributed by atoms with Gasteiger partial charge in [-0.3, -0.25) is 0 Å². The lowest BCUT2D eigenvalue weighted by molar-refractivity contribution is -0.0395. The van der Waals surface area contributed by atoms with E-state index in [0.29, 0.717) is 11.3 Å². The minimum atomic E-state index is -3.07. The molecule has 2 saturated carbocycles. The summed E-state index contributed by atoms with van der Waals surface area (Å²) in [6.07, 6.45) is 6.69. The minimum Gasteiger partial charge on any atom is -0.444 e. The predicted octanol–water partition coefficient (Wildman–Crippen LogP) is 2.57. The van der Waals surface area contributed by atoms with E-state index in [2.05, 4.69) is 9.62 Å². The van der Waals surface area contributed by atoms with Crippen LogP contribution < -0.4 is 4.72 Å². The highest BCUT2D eigenvalue weighted by molar-refractivity contribution is 7.90. The molecule has 8 heteroatoms. The van der Waals surface area contributed by atoms with Crippen molar-refractivity contribution in [2.45, 2.75) is 82.6 Å². The smallest absolute Gasteiger partial charge is 0.410 e. The number of nitrogens with one attached hydrogen (secondary N) is 1. The Morgan fingerprint density at radius 2 is 1.76 bits per heavy atom. The molecule has 4 fully saturated rings. The van der Waals surface area contributed by atoms with Crippen LogP contribution in [-0.4, -0.2) is 73.9 Å². The third kappa shape index (κ3) is 5.25. The number of hydrogen-bond acceptors (Lipinski definition) is 5. The van der Waals surface area contributed by atoms with Crippen LogP contribution in [0.3, 0.4) is 0 Å². The Labute approximate surface area is 175 Å². The molecule has 0 aromatic carbocycles. The fourth-order valence-corrected chi connectivity index (χ4v) is 6.89. The molecule has 0 aromatic heterocycles. The summed E-state index contributed by atoms with van der Waals surface area (Å²) < 4.78 is 32.7. The van der Waals surface area contributed by atoms with Gasteiger partial charge in [-0.25, -0.2) is 17.9 Å². The third-order valence-corrected chi connectivity index (χ3v) is 8.92. The average Bonchev–Trinajstić information content (AvgIpc) is 3.34. The third-order valence-electron chi connectivity index (χ3n) is 6.91. The molecule has 1 atom stereocenters. The first-order valence-electron chi connectivity index (χ1n) is 11.3. The van der Waals surface area contributed by atoms with Crippen molar-refractivity contribution in [3.63, 3.8) is 0 Å². The second-order valence-corrected chi connectivity index (χ2v) is 12.9. The Hall–Kier alpha value is -0.860. The molecule has 2 saturated heterocycles. The topological polar surface area (TPSA) is 79.0 Å². The van der Waals surface area contributed by atoms with Gasteiger partial charge < -0.3 is 14.5 Å². The molecule has 7 nitrogen and oxygen atoms in total. The molecule has 29 heavy (non-hydrogen) atoms. The van der Waals surface area contributed by atoms with Crippen molar-refractivity contribution < 1.29 is 17.9 Å². The first-order chi connectivity index (χ1) is 13.5. The van der Waals surface area contributed by atoms with Crippen LogP contribution in [0.4, 0.5) is 4.79 Å². The van der Waals surface area contributed by atoms with Gasteiger partial charge in [0.2, 0.25) is 10.0 Å². The maximum atomic E-state index is 12.2. The van der Waals surface area contributed by atoms with E-state index in [1.807, 2.05) is 25.7 Å². The Morgan fingerprint density at radius 3 is 2.34 bits per heavy atom. The van der Waals surface area contributed by atoms with Crippen molar-refractivity contribution in [2.75, 3.05) is 32.7 Å². The van der Waals surface area contributed by atoms with Crippen molar-refractivity contribution >= 4 is 16.1 Å². The summed E-state index contributed by atoms with van der Waals surface area (Å²) in [7, 11) is -3.07. The molecule has 166 valence electrons. The van der Waals surface area contributed by atoms with Gasteiger partial charge in [0.15, 0.2) is 0 Å². The molecule has 0 bridgehead atoms. The van der Waals surface area contributed by atoms with Crippen molar-refractivity contribution in [1.82, 2.24) is 14.5 Å². The average molecular weight is 428 g/mol. The highest BCUT2D eigenvalue weighted by Crippen LogP contribution is 2.44. The second-order valence-electron chi connectivity index (χ2n) is 10.9. The van der Waals surface area contributed by atoms with Gasteiger partial charge in [0, 0.05) is 38.8 Å². The van der Waals surface area contributed by atoms with Gasteiger partial charge in [-0.1, -0.05) is 0 Å². The highest BCUT2D eigenvalue weighted by atomic mass is 32.2. The number of carbonyl (C=O) groups excluding carboxylic acids is 1. The van der Waals surface area contributed by atoms with E-state index >= 15 is 0 Å².